The molecule has 0 radical (unpaired) electrons. The minimum Gasteiger partial charge on any atom is -0.351 e. The lowest BCUT2D eigenvalue weighted by Gasteiger charge is -2.01. The van der Waals surface area contributed by atoms with Gasteiger partial charge in [-0.05, 0) is 17.7 Å². The molecule has 0 aliphatic rings. The third-order valence-corrected chi connectivity index (χ3v) is 1.72. The van der Waals surface area contributed by atoms with Crippen molar-refractivity contribution in [3.05, 3.63) is 35.9 Å². The third-order valence-electron chi connectivity index (χ3n) is 1.72. The lowest BCUT2D eigenvalue weighted by atomic mass is 10.2. The van der Waals surface area contributed by atoms with E-state index in [1.807, 2.05) is 18.2 Å². The number of primary amides is 1. The zero-order valence-electron chi connectivity index (χ0n) is 8.14. The molecule has 4 nitrogen and oxygen atoms in total. The van der Waals surface area contributed by atoms with Crippen LogP contribution in [0.4, 0.5) is 10.5 Å². The molecule has 0 saturated carbocycles. The van der Waals surface area contributed by atoms with Gasteiger partial charge < -0.3 is 15.8 Å². The van der Waals surface area contributed by atoms with Crippen molar-refractivity contribution in [2.45, 2.75) is 6.42 Å². The van der Waals surface area contributed by atoms with Crippen LogP contribution >= 0.6 is 0 Å². The number of benzene rings is 1. The standard InChI is InChI=1S/C11H12N2O2/c12-11(15)13-10-6-4-9(5-7-10)3-1-2-8-14/h1,3-8H,2H2,(H3,12,13,15). The number of nitrogens with one attached hydrogen (secondary N) is 1. The molecule has 1 aromatic carbocycles. The highest BCUT2D eigenvalue weighted by molar-refractivity contribution is 5.87. The molecule has 0 spiro atoms. The first-order chi connectivity index (χ1) is 7.22. The van der Waals surface area contributed by atoms with Crippen molar-refractivity contribution in [2.24, 2.45) is 5.73 Å². The molecule has 0 atom stereocenters. The lowest BCUT2D eigenvalue weighted by molar-refractivity contribution is -0.107. The van der Waals surface area contributed by atoms with Crippen molar-refractivity contribution in [3.63, 3.8) is 0 Å². The molecule has 15 heavy (non-hydrogen) atoms. The zero-order valence-corrected chi connectivity index (χ0v) is 8.14. The van der Waals surface area contributed by atoms with E-state index in [2.05, 4.69) is 5.32 Å². The van der Waals surface area contributed by atoms with Gasteiger partial charge in [0.2, 0.25) is 0 Å². The molecule has 1 rings (SSSR count). The average Bonchev–Trinajstić information content (AvgIpc) is 2.20. The highest BCUT2D eigenvalue weighted by atomic mass is 16.2. The van der Waals surface area contributed by atoms with Crippen molar-refractivity contribution < 1.29 is 9.59 Å². The van der Waals surface area contributed by atoms with Gasteiger partial charge in [-0.2, -0.15) is 0 Å². The predicted octanol–water partition coefficient (Wildman–Crippen LogP) is 1.78. The summed E-state index contributed by atoms with van der Waals surface area (Å²) >= 11 is 0. The Morgan fingerprint density at radius 1 is 1.33 bits per heavy atom. The van der Waals surface area contributed by atoms with E-state index in [9.17, 15) is 9.59 Å². The molecular formula is C11H12N2O2. The van der Waals surface area contributed by atoms with Gasteiger partial charge in [0.25, 0.3) is 0 Å². The minimum atomic E-state index is -0.584. The van der Waals surface area contributed by atoms with E-state index < -0.39 is 6.03 Å². The van der Waals surface area contributed by atoms with Crippen LogP contribution in [0.1, 0.15) is 12.0 Å². The summed E-state index contributed by atoms with van der Waals surface area (Å²) in [5.41, 5.74) is 6.57. The summed E-state index contributed by atoms with van der Waals surface area (Å²) in [7, 11) is 0. The summed E-state index contributed by atoms with van der Waals surface area (Å²) < 4.78 is 0. The number of amides is 2. The number of hydrogen-bond acceptors (Lipinski definition) is 2. The van der Waals surface area contributed by atoms with Gasteiger partial charge in [-0.15, -0.1) is 0 Å². The smallest absolute Gasteiger partial charge is 0.316 e. The molecule has 2 amide bonds. The van der Waals surface area contributed by atoms with E-state index in [-0.39, 0.29) is 0 Å². The number of allylic oxidation sites excluding steroid dienone is 1. The Labute approximate surface area is 87.8 Å². The first-order valence-corrected chi connectivity index (χ1v) is 4.49. The highest BCUT2D eigenvalue weighted by Gasteiger charge is 1.94. The SMILES string of the molecule is NC(=O)Nc1ccc(C=CCC=O)cc1. The largest absolute Gasteiger partial charge is 0.351 e. The van der Waals surface area contributed by atoms with Crippen molar-refractivity contribution >= 4 is 24.1 Å². The second kappa shape index (κ2) is 5.59. The topological polar surface area (TPSA) is 72.2 Å². The van der Waals surface area contributed by atoms with Crippen LogP contribution in [-0.2, 0) is 4.79 Å². The number of nitrogens with two attached hydrogens (primary N) is 1. The van der Waals surface area contributed by atoms with Gasteiger partial charge in [0.1, 0.15) is 6.29 Å². The monoisotopic (exact) mass is 204 g/mol. The van der Waals surface area contributed by atoms with Crippen LogP contribution in [0.5, 0.6) is 0 Å². The predicted molar refractivity (Wildman–Crippen MR) is 59.4 cm³/mol. The number of urea groups is 1. The van der Waals surface area contributed by atoms with Crippen LogP contribution < -0.4 is 11.1 Å². The summed E-state index contributed by atoms with van der Waals surface area (Å²) in [6.07, 6.45) is 4.84. The van der Waals surface area contributed by atoms with Crippen LogP contribution in [0.25, 0.3) is 6.08 Å². The molecule has 0 aromatic heterocycles. The maximum atomic E-state index is 10.5. The van der Waals surface area contributed by atoms with Crippen LogP contribution in [0.15, 0.2) is 30.3 Å². The number of rotatable bonds is 4. The fourth-order valence-electron chi connectivity index (χ4n) is 1.08. The van der Waals surface area contributed by atoms with Crippen molar-refractivity contribution in [2.75, 3.05) is 5.32 Å². The molecule has 3 N–H and O–H groups in total. The molecule has 78 valence electrons. The average molecular weight is 204 g/mol. The molecule has 0 fully saturated rings. The van der Waals surface area contributed by atoms with E-state index in [1.165, 1.54) is 0 Å². The second-order valence-electron chi connectivity index (χ2n) is 2.92. The van der Waals surface area contributed by atoms with Crippen molar-refractivity contribution in [3.8, 4) is 0 Å². The third kappa shape index (κ3) is 4.08. The molecule has 1 aromatic rings. The Kier molecular flexibility index (Phi) is 4.09. The molecule has 0 saturated heterocycles. The van der Waals surface area contributed by atoms with Gasteiger partial charge in [-0.3, -0.25) is 0 Å². The van der Waals surface area contributed by atoms with Gasteiger partial charge >= 0.3 is 6.03 Å². The van der Waals surface area contributed by atoms with E-state index >= 15 is 0 Å². The Hall–Kier alpha value is -2.10. The van der Waals surface area contributed by atoms with Gasteiger partial charge in [0, 0.05) is 12.1 Å². The fourth-order valence-corrected chi connectivity index (χ4v) is 1.08. The normalized spacial score (nSPS) is 10.1. The first kappa shape index (κ1) is 11.0. The molecule has 4 heteroatoms. The Balaban J connectivity index is 2.63. The van der Waals surface area contributed by atoms with Gasteiger partial charge in [-0.1, -0.05) is 24.3 Å². The zero-order chi connectivity index (χ0) is 11.1. The highest BCUT2D eigenvalue weighted by Crippen LogP contribution is 2.10. The summed E-state index contributed by atoms with van der Waals surface area (Å²) in [5, 5.41) is 2.46. The first-order valence-electron chi connectivity index (χ1n) is 4.49. The lowest BCUT2D eigenvalue weighted by Crippen LogP contribution is -2.19. The molecule has 0 bridgehead atoms. The van der Waals surface area contributed by atoms with E-state index in [0.717, 1.165) is 11.8 Å². The summed E-state index contributed by atoms with van der Waals surface area (Å²) in [4.78, 5) is 20.6. The quantitative estimate of drug-likeness (QED) is 0.734. The summed E-state index contributed by atoms with van der Waals surface area (Å²) in [6, 6.07) is 6.55. The van der Waals surface area contributed by atoms with Gasteiger partial charge in [-0.25, -0.2) is 4.79 Å². The number of carbonyl (C=O) groups excluding carboxylic acids is 2. The Bertz CT molecular complexity index is 369. The van der Waals surface area contributed by atoms with Crippen LogP contribution in [0.2, 0.25) is 0 Å². The maximum absolute atomic E-state index is 10.5. The van der Waals surface area contributed by atoms with E-state index in [0.29, 0.717) is 12.1 Å². The van der Waals surface area contributed by atoms with Crippen molar-refractivity contribution in [1.29, 1.82) is 0 Å². The van der Waals surface area contributed by atoms with Crippen LogP contribution in [0.3, 0.4) is 0 Å². The van der Waals surface area contributed by atoms with Gasteiger partial charge in [0.05, 0.1) is 0 Å². The Morgan fingerprint density at radius 3 is 2.53 bits per heavy atom. The summed E-state index contributed by atoms with van der Waals surface area (Å²) in [6.45, 7) is 0. The number of aldehydes is 1. The second-order valence-corrected chi connectivity index (χ2v) is 2.92. The van der Waals surface area contributed by atoms with E-state index in [4.69, 9.17) is 5.73 Å². The molecular weight excluding hydrogens is 192 g/mol. The maximum Gasteiger partial charge on any atom is 0.316 e. The number of carbonyl (C=O) groups is 2. The van der Waals surface area contributed by atoms with Gasteiger partial charge in [0.15, 0.2) is 0 Å². The Morgan fingerprint density at radius 2 is 2.00 bits per heavy atom. The molecule has 0 aliphatic heterocycles. The number of anilines is 1. The number of hydrogen-bond donors (Lipinski definition) is 2. The van der Waals surface area contributed by atoms with Crippen molar-refractivity contribution in [1.82, 2.24) is 0 Å². The molecule has 0 unspecified atom stereocenters. The molecule has 0 aliphatic carbocycles. The van der Waals surface area contributed by atoms with E-state index in [1.54, 1.807) is 18.2 Å². The minimum absolute atomic E-state index is 0.404. The van der Waals surface area contributed by atoms with Crippen LogP contribution in [0, 0.1) is 0 Å². The fraction of sp³-hybridized carbons (Fsp3) is 0.0909. The van der Waals surface area contributed by atoms with Crippen LogP contribution in [-0.4, -0.2) is 12.3 Å². The molecule has 0 heterocycles. The summed E-state index contributed by atoms with van der Waals surface area (Å²) in [5.74, 6) is 0.